The molecule has 1 fully saturated rings. The highest BCUT2D eigenvalue weighted by Gasteiger charge is 2.36. The second-order valence-electron chi connectivity index (χ2n) is 5.44. The van der Waals surface area contributed by atoms with Crippen LogP contribution in [0.15, 0.2) is 35.9 Å². The molecule has 1 aromatic heterocycles. The lowest BCUT2D eigenvalue weighted by atomic mass is 10.1. The number of ether oxygens (including phenoxy) is 2. The minimum Gasteiger partial charge on any atom is -0.497 e. The standard InChI is InChI=1S/C18H16N2O4S2/c1-10-4-6-12(26-10)9-13-16(21)19-18(25)20(17(13)22)14-7-5-11(23-2)8-15(14)24-3/h4-9H,1-3H3,(H,19,21,25)/b13-9+. The van der Waals surface area contributed by atoms with Gasteiger partial charge in [0, 0.05) is 15.8 Å². The molecule has 1 aromatic carbocycles. The minimum absolute atomic E-state index is 0.00276. The lowest BCUT2D eigenvalue weighted by Gasteiger charge is -2.30. The van der Waals surface area contributed by atoms with Gasteiger partial charge in [0.1, 0.15) is 17.1 Å². The Kier molecular flexibility index (Phi) is 5.06. The van der Waals surface area contributed by atoms with Crippen molar-refractivity contribution in [3.05, 3.63) is 45.7 Å². The number of hydrogen-bond donors (Lipinski definition) is 1. The van der Waals surface area contributed by atoms with E-state index in [9.17, 15) is 9.59 Å². The molecular formula is C18H16N2O4S2. The number of thiophene rings is 1. The average Bonchev–Trinajstić information content (AvgIpc) is 3.03. The molecule has 3 rings (SSSR count). The number of carbonyl (C=O) groups is 2. The second-order valence-corrected chi connectivity index (χ2v) is 7.15. The summed E-state index contributed by atoms with van der Waals surface area (Å²) in [6.07, 6.45) is 1.57. The molecule has 2 heterocycles. The number of nitrogens with one attached hydrogen (secondary N) is 1. The molecule has 1 N–H and O–H groups in total. The van der Waals surface area contributed by atoms with Crippen LogP contribution in [0.5, 0.6) is 11.5 Å². The Labute approximate surface area is 160 Å². The molecule has 26 heavy (non-hydrogen) atoms. The number of benzene rings is 1. The summed E-state index contributed by atoms with van der Waals surface area (Å²) in [4.78, 5) is 28.5. The lowest BCUT2D eigenvalue weighted by molar-refractivity contribution is -0.122. The third-order valence-electron chi connectivity index (χ3n) is 3.78. The first kappa shape index (κ1) is 18.1. The first-order chi connectivity index (χ1) is 12.4. The van der Waals surface area contributed by atoms with Crippen molar-refractivity contribution in [3.63, 3.8) is 0 Å². The van der Waals surface area contributed by atoms with Gasteiger partial charge >= 0.3 is 0 Å². The topological polar surface area (TPSA) is 67.9 Å². The van der Waals surface area contributed by atoms with Crippen LogP contribution in [-0.4, -0.2) is 31.1 Å². The van der Waals surface area contributed by atoms with Gasteiger partial charge in [0.25, 0.3) is 11.8 Å². The van der Waals surface area contributed by atoms with Gasteiger partial charge < -0.3 is 9.47 Å². The summed E-state index contributed by atoms with van der Waals surface area (Å²) in [6.45, 7) is 1.96. The van der Waals surface area contributed by atoms with Crippen LogP contribution in [0.25, 0.3) is 6.08 Å². The normalized spacial score (nSPS) is 16.0. The zero-order valence-electron chi connectivity index (χ0n) is 14.4. The quantitative estimate of drug-likeness (QED) is 0.496. The summed E-state index contributed by atoms with van der Waals surface area (Å²) in [6, 6.07) is 8.78. The van der Waals surface area contributed by atoms with Gasteiger partial charge in [-0.2, -0.15) is 0 Å². The van der Waals surface area contributed by atoms with Gasteiger partial charge in [0.05, 0.1) is 19.9 Å². The highest BCUT2D eigenvalue weighted by molar-refractivity contribution is 7.80. The monoisotopic (exact) mass is 388 g/mol. The Morgan fingerprint density at radius 3 is 2.54 bits per heavy atom. The molecule has 0 bridgehead atoms. The molecule has 0 unspecified atom stereocenters. The van der Waals surface area contributed by atoms with Crippen LogP contribution >= 0.6 is 23.6 Å². The number of thiocarbonyl (C=S) groups is 1. The molecule has 134 valence electrons. The number of carbonyl (C=O) groups excluding carboxylic acids is 2. The predicted molar refractivity (Wildman–Crippen MR) is 105 cm³/mol. The van der Waals surface area contributed by atoms with E-state index in [1.54, 1.807) is 24.3 Å². The van der Waals surface area contributed by atoms with E-state index in [0.717, 1.165) is 9.75 Å². The van der Waals surface area contributed by atoms with E-state index >= 15 is 0 Å². The van der Waals surface area contributed by atoms with Gasteiger partial charge in [0.15, 0.2) is 5.11 Å². The minimum atomic E-state index is -0.519. The van der Waals surface area contributed by atoms with Crippen molar-refractivity contribution >= 4 is 52.2 Å². The average molecular weight is 388 g/mol. The molecule has 0 saturated carbocycles. The van der Waals surface area contributed by atoms with Crippen molar-refractivity contribution in [2.75, 3.05) is 19.1 Å². The Bertz CT molecular complexity index is 933. The molecule has 2 aromatic rings. The highest BCUT2D eigenvalue weighted by atomic mass is 32.1. The molecule has 0 atom stereocenters. The van der Waals surface area contributed by atoms with Gasteiger partial charge in [-0.3, -0.25) is 14.9 Å². The Balaban J connectivity index is 2.05. The zero-order chi connectivity index (χ0) is 18.8. The fourth-order valence-electron chi connectivity index (χ4n) is 2.52. The molecule has 0 spiro atoms. The maximum Gasteiger partial charge on any atom is 0.270 e. The van der Waals surface area contributed by atoms with Crippen molar-refractivity contribution in [2.24, 2.45) is 0 Å². The molecule has 6 nitrogen and oxygen atoms in total. The van der Waals surface area contributed by atoms with Crippen molar-refractivity contribution in [1.82, 2.24) is 5.32 Å². The van der Waals surface area contributed by atoms with Crippen LogP contribution in [0.1, 0.15) is 9.75 Å². The van der Waals surface area contributed by atoms with E-state index in [4.69, 9.17) is 21.7 Å². The smallest absolute Gasteiger partial charge is 0.270 e. The van der Waals surface area contributed by atoms with E-state index in [2.05, 4.69) is 5.32 Å². The number of rotatable bonds is 4. The van der Waals surface area contributed by atoms with Gasteiger partial charge in [-0.1, -0.05) is 0 Å². The number of methoxy groups -OCH3 is 2. The summed E-state index contributed by atoms with van der Waals surface area (Å²) < 4.78 is 10.5. The van der Waals surface area contributed by atoms with Crippen LogP contribution in [0.3, 0.4) is 0 Å². The summed E-state index contributed by atoms with van der Waals surface area (Å²) in [5.41, 5.74) is 0.440. The van der Waals surface area contributed by atoms with Crippen molar-refractivity contribution < 1.29 is 19.1 Å². The van der Waals surface area contributed by atoms with Crippen LogP contribution in [0.4, 0.5) is 5.69 Å². The number of anilines is 1. The van der Waals surface area contributed by atoms with E-state index < -0.39 is 11.8 Å². The highest BCUT2D eigenvalue weighted by Crippen LogP contribution is 2.34. The predicted octanol–water partition coefficient (Wildman–Crippen LogP) is 2.91. The lowest BCUT2D eigenvalue weighted by Crippen LogP contribution is -2.54. The van der Waals surface area contributed by atoms with E-state index in [-0.39, 0.29) is 10.7 Å². The number of aryl methyl sites for hydroxylation is 1. The summed E-state index contributed by atoms with van der Waals surface area (Å²) in [5, 5.41) is 2.57. The van der Waals surface area contributed by atoms with Crippen molar-refractivity contribution in [1.29, 1.82) is 0 Å². The second kappa shape index (κ2) is 7.27. The van der Waals surface area contributed by atoms with E-state index in [1.807, 2.05) is 19.1 Å². The van der Waals surface area contributed by atoms with E-state index in [0.29, 0.717) is 17.2 Å². The third-order valence-corrected chi connectivity index (χ3v) is 5.01. The molecular weight excluding hydrogens is 372 g/mol. The van der Waals surface area contributed by atoms with Gasteiger partial charge in [-0.15, -0.1) is 11.3 Å². The summed E-state index contributed by atoms with van der Waals surface area (Å²) >= 11 is 6.71. The summed E-state index contributed by atoms with van der Waals surface area (Å²) in [5.74, 6) is -0.0413. The maximum atomic E-state index is 13.0. The third kappa shape index (κ3) is 3.33. The molecule has 2 amide bonds. The Morgan fingerprint density at radius 2 is 1.92 bits per heavy atom. The van der Waals surface area contributed by atoms with Gasteiger partial charge in [-0.05, 0) is 49.5 Å². The number of nitrogens with zero attached hydrogens (tertiary/aromatic N) is 1. The van der Waals surface area contributed by atoms with Crippen molar-refractivity contribution in [3.8, 4) is 11.5 Å². The van der Waals surface area contributed by atoms with Crippen LogP contribution in [0.2, 0.25) is 0 Å². The largest absolute Gasteiger partial charge is 0.497 e. The molecule has 1 saturated heterocycles. The van der Waals surface area contributed by atoms with Crippen LogP contribution in [0, 0.1) is 6.92 Å². The molecule has 1 aliphatic heterocycles. The number of hydrogen-bond acceptors (Lipinski definition) is 6. The fourth-order valence-corrected chi connectivity index (χ4v) is 3.61. The SMILES string of the molecule is COc1ccc(N2C(=O)/C(=C/c3ccc(C)s3)C(=O)NC2=S)c(OC)c1. The summed E-state index contributed by atoms with van der Waals surface area (Å²) in [7, 11) is 3.02. The molecule has 0 aliphatic carbocycles. The number of amides is 2. The maximum absolute atomic E-state index is 13.0. The van der Waals surface area contributed by atoms with Crippen molar-refractivity contribution in [2.45, 2.75) is 6.92 Å². The first-order valence-electron chi connectivity index (χ1n) is 7.64. The van der Waals surface area contributed by atoms with Gasteiger partial charge in [0.2, 0.25) is 0 Å². The van der Waals surface area contributed by atoms with Gasteiger partial charge in [-0.25, -0.2) is 4.90 Å². The molecule has 1 aliphatic rings. The van der Waals surface area contributed by atoms with Crippen LogP contribution < -0.4 is 19.7 Å². The molecule has 0 radical (unpaired) electrons. The Hall–Kier alpha value is -2.71. The van der Waals surface area contributed by atoms with Crippen LogP contribution in [-0.2, 0) is 9.59 Å². The Morgan fingerprint density at radius 1 is 1.15 bits per heavy atom. The zero-order valence-corrected chi connectivity index (χ0v) is 16.0. The fraction of sp³-hybridized carbons (Fsp3) is 0.167. The van der Waals surface area contributed by atoms with E-state index in [1.165, 1.54) is 30.5 Å². The molecule has 8 heteroatoms. The first-order valence-corrected chi connectivity index (χ1v) is 8.87.